The first kappa shape index (κ1) is 16.4. The van der Waals surface area contributed by atoms with E-state index in [1.54, 1.807) is 0 Å². The Hall–Kier alpha value is -1.96. The van der Waals surface area contributed by atoms with Crippen LogP contribution in [-0.4, -0.2) is 0 Å². The van der Waals surface area contributed by atoms with Crippen molar-refractivity contribution in [3.63, 3.8) is 0 Å². The zero-order chi connectivity index (χ0) is 15.6. The lowest BCUT2D eigenvalue weighted by Crippen LogP contribution is -1.90. The summed E-state index contributed by atoms with van der Waals surface area (Å²) in [4.78, 5) is 0. The van der Waals surface area contributed by atoms with Crippen LogP contribution < -0.4 is 11.5 Å². The molecule has 4 N–H and O–H groups in total. The van der Waals surface area contributed by atoms with Gasteiger partial charge in [-0.1, -0.05) is 49.9 Å². The number of unbranched alkanes of at least 4 members (excludes halogenated alkanes) is 5. The summed E-state index contributed by atoms with van der Waals surface area (Å²) in [6.45, 7) is 0. The summed E-state index contributed by atoms with van der Waals surface area (Å²) in [5.41, 5.74) is 15.9. The predicted octanol–water partition coefficient (Wildman–Crippen LogP) is 4.98. The molecular formula is C20H28N2. The van der Waals surface area contributed by atoms with Crippen molar-refractivity contribution in [1.29, 1.82) is 0 Å². The zero-order valence-electron chi connectivity index (χ0n) is 13.4. The molecule has 118 valence electrons. The molecule has 2 heteroatoms. The van der Waals surface area contributed by atoms with E-state index in [1.807, 2.05) is 24.3 Å². The molecule has 2 nitrogen and oxygen atoms in total. The van der Waals surface area contributed by atoms with Gasteiger partial charge in [0.1, 0.15) is 0 Å². The second-order valence-electron chi connectivity index (χ2n) is 6.10. The van der Waals surface area contributed by atoms with E-state index < -0.39 is 0 Å². The molecule has 2 aromatic rings. The summed E-state index contributed by atoms with van der Waals surface area (Å²) in [5, 5.41) is 0. The summed E-state index contributed by atoms with van der Waals surface area (Å²) < 4.78 is 0. The molecule has 2 aromatic carbocycles. The molecule has 0 unspecified atom stereocenters. The van der Waals surface area contributed by atoms with Crippen molar-refractivity contribution in [3.8, 4) is 0 Å². The van der Waals surface area contributed by atoms with Gasteiger partial charge in [0.15, 0.2) is 0 Å². The second kappa shape index (κ2) is 9.14. The number of nitrogens with two attached hydrogens (primary N) is 2. The normalized spacial score (nSPS) is 10.7. The smallest absolute Gasteiger partial charge is 0.0314 e. The lowest BCUT2D eigenvalue weighted by Gasteiger charge is -2.04. The predicted molar refractivity (Wildman–Crippen MR) is 96.8 cm³/mol. The van der Waals surface area contributed by atoms with Gasteiger partial charge < -0.3 is 11.5 Å². The van der Waals surface area contributed by atoms with E-state index in [-0.39, 0.29) is 0 Å². The van der Waals surface area contributed by atoms with Gasteiger partial charge in [-0.3, -0.25) is 0 Å². The third-order valence-corrected chi connectivity index (χ3v) is 4.14. The number of hydrogen-bond acceptors (Lipinski definition) is 2. The van der Waals surface area contributed by atoms with Gasteiger partial charge in [0, 0.05) is 11.4 Å². The Kier molecular flexibility index (Phi) is 6.82. The van der Waals surface area contributed by atoms with E-state index in [2.05, 4.69) is 24.3 Å². The number of nitrogen functional groups attached to an aromatic ring is 2. The average Bonchev–Trinajstić information content (AvgIpc) is 2.53. The van der Waals surface area contributed by atoms with Crippen molar-refractivity contribution < 1.29 is 0 Å². The van der Waals surface area contributed by atoms with Crippen molar-refractivity contribution in [1.82, 2.24) is 0 Å². The molecule has 0 fully saturated rings. The lowest BCUT2D eigenvalue weighted by atomic mass is 10.0. The van der Waals surface area contributed by atoms with Crippen LogP contribution in [0.25, 0.3) is 0 Å². The Bertz CT molecular complexity index is 477. The Morgan fingerprint density at radius 2 is 0.773 bits per heavy atom. The van der Waals surface area contributed by atoms with Crippen molar-refractivity contribution >= 4 is 11.4 Å². The fraction of sp³-hybridized carbons (Fsp3) is 0.400. The minimum Gasteiger partial charge on any atom is -0.399 e. The number of hydrogen-bond donors (Lipinski definition) is 2. The van der Waals surface area contributed by atoms with Gasteiger partial charge in [0.05, 0.1) is 0 Å². The second-order valence-corrected chi connectivity index (χ2v) is 6.10. The van der Waals surface area contributed by atoms with Crippen molar-refractivity contribution in [2.75, 3.05) is 11.5 Å². The van der Waals surface area contributed by atoms with E-state index in [1.165, 1.54) is 62.5 Å². The molecule has 0 saturated carbocycles. The first-order valence-corrected chi connectivity index (χ1v) is 8.43. The van der Waals surface area contributed by atoms with Crippen LogP contribution in [0.5, 0.6) is 0 Å². The van der Waals surface area contributed by atoms with Crippen LogP contribution in [0.15, 0.2) is 48.5 Å². The van der Waals surface area contributed by atoms with Crippen molar-refractivity contribution in [3.05, 3.63) is 59.7 Å². The van der Waals surface area contributed by atoms with Crippen LogP contribution >= 0.6 is 0 Å². The van der Waals surface area contributed by atoms with Crippen LogP contribution in [0.3, 0.4) is 0 Å². The molecule has 0 aliphatic rings. The maximum Gasteiger partial charge on any atom is 0.0314 e. The molecule has 0 radical (unpaired) electrons. The maximum absolute atomic E-state index is 5.69. The highest BCUT2D eigenvalue weighted by atomic mass is 14.5. The van der Waals surface area contributed by atoms with Crippen LogP contribution in [0.2, 0.25) is 0 Å². The molecule has 0 bridgehead atoms. The Balaban J connectivity index is 1.47. The summed E-state index contributed by atoms with van der Waals surface area (Å²) in [7, 11) is 0. The Morgan fingerprint density at radius 1 is 0.455 bits per heavy atom. The summed E-state index contributed by atoms with van der Waals surface area (Å²) in [6, 6.07) is 16.5. The van der Waals surface area contributed by atoms with Crippen LogP contribution in [0.4, 0.5) is 11.4 Å². The van der Waals surface area contributed by atoms with E-state index in [0.29, 0.717) is 0 Å². The monoisotopic (exact) mass is 296 g/mol. The summed E-state index contributed by atoms with van der Waals surface area (Å²) in [5.74, 6) is 0. The van der Waals surface area contributed by atoms with Crippen LogP contribution in [0, 0.1) is 0 Å². The third-order valence-electron chi connectivity index (χ3n) is 4.14. The number of benzene rings is 2. The first-order valence-electron chi connectivity index (χ1n) is 8.43. The van der Waals surface area contributed by atoms with Crippen LogP contribution in [0.1, 0.15) is 49.7 Å². The minimum atomic E-state index is 0.852. The Morgan fingerprint density at radius 3 is 1.14 bits per heavy atom. The van der Waals surface area contributed by atoms with Gasteiger partial charge in [-0.25, -0.2) is 0 Å². The number of rotatable bonds is 9. The summed E-state index contributed by atoms with van der Waals surface area (Å²) >= 11 is 0. The quantitative estimate of drug-likeness (QED) is 0.506. The van der Waals surface area contributed by atoms with E-state index in [4.69, 9.17) is 11.5 Å². The van der Waals surface area contributed by atoms with Gasteiger partial charge in [-0.05, 0) is 61.1 Å². The van der Waals surface area contributed by atoms with Gasteiger partial charge in [-0.15, -0.1) is 0 Å². The van der Waals surface area contributed by atoms with Gasteiger partial charge in [0.25, 0.3) is 0 Å². The molecule has 0 atom stereocenters. The fourth-order valence-electron chi connectivity index (χ4n) is 2.73. The highest BCUT2D eigenvalue weighted by Gasteiger charge is 1.96. The molecule has 2 rings (SSSR count). The molecule has 0 spiro atoms. The molecule has 0 aliphatic heterocycles. The molecule has 22 heavy (non-hydrogen) atoms. The zero-order valence-corrected chi connectivity index (χ0v) is 13.4. The third kappa shape index (κ3) is 6.21. The van der Waals surface area contributed by atoms with Gasteiger partial charge in [0.2, 0.25) is 0 Å². The fourth-order valence-corrected chi connectivity index (χ4v) is 2.73. The number of anilines is 2. The SMILES string of the molecule is Nc1ccc(CCCCCCCCc2ccc(N)cc2)cc1. The highest BCUT2D eigenvalue weighted by Crippen LogP contribution is 2.13. The lowest BCUT2D eigenvalue weighted by molar-refractivity contribution is 0.594. The number of aryl methyl sites for hydroxylation is 2. The van der Waals surface area contributed by atoms with Gasteiger partial charge in [-0.2, -0.15) is 0 Å². The van der Waals surface area contributed by atoms with E-state index in [9.17, 15) is 0 Å². The maximum atomic E-state index is 5.69. The van der Waals surface area contributed by atoms with Crippen molar-refractivity contribution in [2.45, 2.75) is 51.4 Å². The van der Waals surface area contributed by atoms with Crippen molar-refractivity contribution in [2.24, 2.45) is 0 Å². The highest BCUT2D eigenvalue weighted by molar-refractivity contribution is 5.39. The minimum absolute atomic E-state index is 0.852. The summed E-state index contributed by atoms with van der Waals surface area (Å²) in [6.07, 6.45) is 10.2. The average molecular weight is 296 g/mol. The molecule has 0 amide bonds. The molecular weight excluding hydrogens is 268 g/mol. The standard InChI is InChI=1S/C20H28N2/c21-19-13-9-17(10-14-19)7-5-3-1-2-4-6-8-18-11-15-20(22)16-12-18/h9-16H,1-8,21-22H2. The largest absolute Gasteiger partial charge is 0.399 e. The molecule has 0 saturated heterocycles. The molecule has 0 aliphatic carbocycles. The van der Waals surface area contributed by atoms with Gasteiger partial charge >= 0.3 is 0 Å². The van der Waals surface area contributed by atoms with E-state index in [0.717, 1.165) is 11.4 Å². The van der Waals surface area contributed by atoms with Crippen LogP contribution in [-0.2, 0) is 12.8 Å². The Labute approximate surface area is 134 Å². The molecule has 0 heterocycles. The topological polar surface area (TPSA) is 52.0 Å². The molecule has 0 aromatic heterocycles. The van der Waals surface area contributed by atoms with E-state index >= 15 is 0 Å². The first-order chi connectivity index (χ1) is 10.7.